The maximum Gasteiger partial charge on any atom is 0.432 e. The first kappa shape index (κ1) is 25.1. The van der Waals surface area contributed by atoms with Gasteiger partial charge in [-0.05, 0) is 18.9 Å². The normalized spacial score (nSPS) is 27.0. The van der Waals surface area contributed by atoms with Crippen molar-refractivity contribution in [2.24, 2.45) is 11.3 Å². The minimum atomic E-state index is -5.07. The lowest BCUT2D eigenvalue weighted by Crippen LogP contribution is -2.53. The average Bonchev–Trinajstić information content (AvgIpc) is 2.65. The van der Waals surface area contributed by atoms with E-state index in [0.29, 0.717) is 0 Å². The van der Waals surface area contributed by atoms with Crippen LogP contribution in [0.1, 0.15) is 46.1 Å². The van der Waals surface area contributed by atoms with E-state index in [9.17, 15) is 27.9 Å². The van der Waals surface area contributed by atoms with Crippen molar-refractivity contribution in [3.8, 4) is 0 Å². The number of hydrogen-bond donors (Lipinski definition) is 1. The maximum atomic E-state index is 14.0. The lowest BCUT2D eigenvalue weighted by atomic mass is 9.60. The molecule has 1 aliphatic rings. The molecule has 31 heavy (non-hydrogen) atoms. The number of methoxy groups -OCH3 is 1. The number of aliphatic hydroxyl groups is 1. The van der Waals surface area contributed by atoms with Crippen molar-refractivity contribution in [3.63, 3.8) is 0 Å². The van der Waals surface area contributed by atoms with Crippen molar-refractivity contribution in [2.45, 2.75) is 64.0 Å². The van der Waals surface area contributed by atoms with Gasteiger partial charge in [0.15, 0.2) is 0 Å². The molecule has 1 N–H and O–H groups in total. The zero-order valence-corrected chi connectivity index (χ0v) is 18.3. The van der Waals surface area contributed by atoms with Gasteiger partial charge in [-0.3, -0.25) is 4.79 Å². The highest BCUT2D eigenvalue weighted by Crippen LogP contribution is 2.47. The van der Waals surface area contributed by atoms with Crippen LogP contribution < -0.4 is 0 Å². The SMILES string of the molecule is CO[C@@](C(=O)O[C@H](C)/C=C/[C@@]1(O)[C@H](C)CC(=O)CC1(C)C)(c1ccccc1)C(F)(F)F. The third-order valence-corrected chi connectivity index (χ3v) is 6.10. The van der Waals surface area contributed by atoms with E-state index in [1.165, 1.54) is 37.3 Å². The predicted octanol–water partition coefficient (Wildman–Crippen LogP) is 4.33. The van der Waals surface area contributed by atoms with Crippen molar-refractivity contribution in [1.29, 1.82) is 0 Å². The molecule has 0 aromatic heterocycles. The monoisotopic (exact) mass is 442 g/mol. The molecule has 8 heteroatoms. The number of esters is 1. The molecular weight excluding hydrogens is 413 g/mol. The fourth-order valence-electron chi connectivity index (χ4n) is 4.22. The Balaban J connectivity index is 2.30. The summed E-state index contributed by atoms with van der Waals surface area (Å²) in [6, 6.07) is 6.55. The van der Waals surface area contributed by atoms with Crippen LogP contribution in [-0.4, -0.2) is 41.9 Å². The molecule has 1 fully saturated rings. The first-order valence-corrected chi connectivity index (χ1v) is 10.0. The van der Waals surface area contributed by atoms with Crippen LogP contribution in [0.2, 0.25) is 0 Å². The summed E-state index contributed by atoms with van der Waals surface area (Å²) in [5, 5.41) is 11.2. The second-order valence-electron chi connectivity index (χ2n) is 8.75. The molecule has 1 aliphatic carbocycles. The van der Waals surface area contributed by atoms with E-state index in [2.05, 4.69) is 0 Å². The minimum Gasteiger partial charge on any atom is -0.456 e. The van der Waals surface area contributed by atoms with Crippen LogP contribution in [0.15, 0.2) is 42.5 Å². The Morgan fingerprint density at radius 1 is 1.26 bits per heavy atom. The van der Waals surface area contributed by atoms with Crippen LogP contribution >= 0.6 is 0 Å². The molecule has 0 aliphatic heterocycles. The largest absolute Gasteiger partial charge is 0.456 e. The number of halogens is 3. The lowest BCUT2D eigenvalue weighted by Gasteiger charge is -2.48. The Labute approximate surface area is 180 Å². The van der Waals surface area contributed by atoms with Crippen molar-refractivity contribution < 1.29 is 37.3 Å². The van der Waals surface area contributed by atoms with Crippen LogP contribution in [0.3, 0.4) is 0 Å². The van der Waals surface area contributed by atoms with Crippen molar-refractivity contribution in [2.75, 3.05) is 7.11 Å². The van der Waals surface area contributed by atoms with Crippen molar-refractivity contribution in [3.05, 3.63) is 48.0 Å². The highest BCUT2D eigenvalue weighted by molar-refractivity contribution is 5.83. The fraction of sp³-hybridized carbons (Fsp3) is 0.565. The van der Waals surface area contributed by atoms with Gasteiger partial charge in [0.25, 0.3) is 5.60 Å². The van der Waals surface area contributed by atoms with Gasteiger partial charge < -0.3 is 14.6 Å². The second kappa shape index (κ2) is 8.74. The highest BCUT2D eigenvalue weighted by atomic mass is 19.4. The summed E-state index contributed by atoms with van der Waals surface area (Å²) in [6.07, 6.45) is -3.03. The van der Waals surface area contributed by atoms with Crippen LogP contribution in [0.25, 0.3) is 0 Å². The number of ether oxygens (including phenoxy) is 2. The van der Waals surface area contributed by atoms with Gasteiger partial charge in [-0.2, -0.15) is 13.2 Å². The van der Waals surface area contributed by atoms with E-state index in [4.69, 9.17) is 9.47 Å². The first-order chi connectivity index (χ1) is 14.2. The fourth-order valence-corrected chi connectivity index (χ4v) is 4.22. The number of hydrogen-bond acceptors (Lipinski definition) is 5. The minimum absolute atomic E-state index is 0.0352. The van der Waals surface area contributed by atoms with Crippen LogP contribution in [-0.2, 0) is 24.7 Å². The summed E-state index contributed by atoms with van der Waals surface area (Å²) < 4.78 is 51.7. The van der Waals surface area contributed by atoms with Crippen LogP contribution in [0, 0.1) is 11.3 Å². The lowest BCUT2D eigenvalue weighted by molar-refractivity contribution is -0.277. The molecule has 0 bridgehead atoms. The summed E-state index contributed by atoms with van der Waals surface area (Å²) in [6.45, 7) is 6.62. The molecule has 1 aromatic rings. The molecule has 0 unspecified atom stereocenters. The third-order valence-electron chi connectivity index (χ3n) is 6.10. The molecule has 1 aromatic carbocycles. The van der Waals surface area contributed by atoms with E-state index >= 15 is 0 Å². The Hall–Kier alpha value is -2.19. The number of ketones is 1. The zero-order valence-electron chi connectivity index (χ0n) is 18.3. The molecule has 5 nitrogen and oxygen atoms in total. The topological polar surface area (TPSA) is 72.8 Å². The van der Waals surface area contributed by atoms with E-state index < -0.39 is 46.3 Å². The van der Waals surface area contributed by atoms with Gasteiger partial charge in [0.05, 0.1) is 5.60 Å². The van der Waals surface area contributed by atoms with Gasteiger partial charge in [-0.1, -0.05) is 57.2 Å². The summed E-state index contributed by atoms with van der Waals surface area (Å²) in [7, 11) is 0.800. The van der Waals surface area contributed by atoms with Crippen LogP contribution in [0.4, 0.5) is 13.2 Å². The molecule has 172 valence electrons. The van der Waals surface area contributed by atoms with E-state index in [0.717, 1.165) is 19.2 Å². The third kappa shape index (κ3) is 4.55. The summed E-state index contributed by atoms with van der Waals surface area (Å²) in [5.41, 5.74) is -5.85. The van der Waals surface area contributed by atoms with E-state index in [-0.39, 0.29) is 18.6 Å². The Morgan fingerprint density at radius 2 is 1.84 bits per heavy atom. The number of rotatable bonds is 6. The van der Waals surface area contributed by atoms with Gasteiger partial charge in [0, 0.05) is 30.9 Å². The molecule has 0 spiro atoms. The zero-order chi connectivity index (χ0) is 23.7. The molecule has 0 amide bonds. The summed E-state index contributed by atoms with van der Waals surface area (Å²) in [5.74, 6) is -1.97. The van der Waals surface area contributed by atoms with Crippen molar-refractivity contribution >= 4 is 11.8 Å². The smallest absolute Gasteiger partial charge is 0.432 e. The second-order valence-corrected chi connectivity index (χ2v) is 8.75. The average molecular weight is 442 g/mol. The van der Waals surface area contributed by atoms with Gasteiger partial charge >= 0.3 is 12.1 Å². The van der Waals surface area contributed by atoms with Gasteiger partial charge in [-0.25, -0.2) is 4.79 Å². The predicted molar refractivity (Wildman–Crippen MR) is 108 cm³/mol. The standard InChI is InChI=1S/C23H29F3O5/c1-15-13-18(27)14-20(3,4)21(15,29)12-11-16(2)31-19(28)22(30-5,23(24,25)26)17-9-7-6-8-10-17/h6-12,15-16,29H,13-14H2,1-5H3/b12-11+/t15-,16-,21-,22-/m1/s1. The van der Waals surface area contributed by atoms with Gasteiger partial charge in [0.2, 0.25) is 0 Å². The first-order valence-electron chi connectivity index (χ1n) is 10.0. The quantitative estimate of drug-likeness (QED) is 0.524. The van der Waals surface area contributed by atoms with Crippen LogP contribution in [0.5, 0.6) is 0 Å². The summed E-state index contributed by atoms with van der Waals surface area (Å²) in [4.78, 5) is 24.6. The highest BCUT2D eigenvalue weighted by Gasteiger charge is 2.64. The van der Waals surface area contributed by atoms with Crippen molar-refractivity contribution in [1.82, 2.24) is 0 Å². The van der Waals surface area contributed by atoms with E-state index in [1.807, 2.05) is 0 Å². The van der Waals surface area contributed by atoms with Gasteiger partial charge in [-0.15, -0.1) is 0 Å². The Bertz CT molecular complexity index is 833. The molecule has 4 atom stereocenters. The molecular formula is C23H29F3O5. The number of Topliss-reactive ketones (excluding diaryl/α,β-unsaturated/α-hetero) is 1. The molecule has 0 radical (unpaired) electrons. The number of carbonyl (C=O) groups is 2. The maximum absolute atomic E-state index is 14.0. The number of alkyl halides is 3. The molecule has 0 heterocycles. The Kier molecular flexibility index (Phi) is 7.07. The Morgan fingerprint density at radius 3 is 2.32 bits per heavy atom. The molecule has 2 rings (SSSR count). The van der Waals surface area contributed by atoms with Gasteiger partial charge in [0.1, 0.15) is 11.9 Å². The molecule has 0 saturated heterocycles. The number of carbonyl (C=O) groups excluding carboxylic acids is 2. The summed E-state index contributed by atoms with van der Waals surface area (Å²) >= 11 is 0. The van der Waals surface area contributed by atoms with E-state index in [1.54, 1.807) is 20.8 Å². The number of benzene rings is 1. The molecule has 1 saturated carbocycles.